The van der Waals surface area contributed by atoms with E-state index in [0.29, 0.717) is 5.02 Å². The van der Waals surface area contributed by atoms with Crippen LogP contribution < -0.4 is 5.73 Å². The Hall–Kier alpha value is -1.32. The topological polar surface area (TPSA) is 43.8 Å². The summed E-state index contributed by atoms with van der Waals surface area (Å²) >= 11 is 6.14. The molecule has 3 nitrogen and oxygen atoms in total. The van der Waals surface area contributed by atoms with Gasteiger partial charge in [-0.1, -0.05) is 41.9 Å². The second kappa shape index (κ2) is 6.03. The highest BCUT2D eigenvalue weighted by atomic mass is 35.5. The zero-order valence-electron chi connectivity index (χ0n) is 10.5. The predicted octanol–water partition coefficient (Wildman–Crippen LogP) is 3.19. The number of rotatable bonds is 5. The highest BCUT2D eigenvalue weighted by Crippen LogP contribution is 2.24. The van der Waals surface area contributed by atoms with Gasteiger partial charge in [-0.25, -0.2) is 0 Å². The van der Waals surface area contributed by atoms with E-state index in [2.05, 4.69) is 17.2 Å². The number of hydrogen-bond acceptors (Lipinski definition) is 2. The molecule has 2 rings (SSSR count). The van der Waals surface area contributed by atoms with Crippen molar-refractivity contribution < 1.29 is 0 Å². The first-order chi connectivity index (χ1) is 8.72. The Morgan fingerprint density at radius 1 is 1.33 bits per heavy atom. The van der Waals surface area contributed by atoms with Crippen molar-refractivity contribution >= 4 is 11.6 Å². The van der Waals surface area contributed by atoms with Gasteiger partial charge in [0.05, 0.1) is 16.9 Å². The van der Waals surface area contributed by atoms with Gasteiger partial charge in [0.25, 0.3) is 0 Å². The van der Waals surface area contributed by atoms with Gasteiger partial charge in [0, 0.05) is 12.6 Å². The molecule has 0 bridgehead atoms. The van der Waals surface area contributed by atoms with Gasteiger partial charge in [0.15, 0.2) is 0 Å². The molecular weight excluding hydrogens is 246 g/mol. The molecule has 4 heteroatoms. The fraction of sp³-hybridized carbons (Fsp3) is 0.357. The van der Waals surface area contributed by atoms with Gasteiger partial charge in [-0.15, -0.1) is 0 Å². The van der Waals surface area contributed by atoms with E-state index in [1.807, 2.05) is 29.8 Å². The lowest BCUT2D eigenvalue weighted by molar-refractivity contribution is 0.547. The van der Waals surface area contributed by atoms with E-state index < -0.39 is 0 Å². The minimum absolute atomic E-state index is 0.0693. The first-order valence-corrected chi connectivity index (χ1v) is 6.61. The summed E-state index contributed by atoms with van der Waals surface area (Å²) in [6, 6.07) is 10.3. The van der Waals surface area contributed by atoms with Gasteiger partial charge in [0.1, 0.15) is 0 Å². The van der Waals surface area contributed by atoms with Crippen LogP contribution >= 0.6 is 11.6 Å². The number of aryl methyl sites for hydroxylation is 2. The van der Waals surface area contributed by atoms with Crippen LogP contribution in [-0.4, -0.2) is 9.78 Å². The maximum Gasteiger partial charge on any atom is 0.0834 e. The fourth-order valence-electron chi connectivity index (χ4n) is 2.10. The van der Waals surface area contributed by atoms with Crippen molar-refractivity contribution in [3.8, 4) is 0 Å². The first-order valence-electron chi connectivity index (χ1n) is 6.23. The van der Waals surface area contributed by atoms with Gasteiger partial charge in [-0.05, 0) is 25.3 Å². The van der Waals surface area contributed by atoms with Crippen molar-refractivity contribution in [1.82, 2.24) is 9.78 Å². The van der Waals surface area contributed by atoms with Crippen molar-refractivity contribution in [3.05, 3.63) is 52.8 Å². The molecule has 0 aliphatic heterocycles. The van der Waals surface area contributed by atoms with Crippen LogP contribution in [0.15, 0.2) is 36.5 Å². The third kappa shape index (κ3) is 2.92. The van der Waals surface area contributed by atoms with Crippen molar-refractivity contribution in [2.75, 3.05) is 0 Å². The lowest BCUT2D eigenvalue weighted by atomic mass is 10.0. The maximum absolute atomic E-state index is 6.22. The minimum atomic E-state index is -0.0693. The summed E-state index contributed by atoms with van der Waals surface area (Å²) < 4.78 is 1.87. The number of benzene rings is 1. The Morgan fingerprint density at radius 3 is 2.72 bits per heavy atom. The fourth-order valence-corrected chi connectivity index (χ4v) is 2.38. The molecule has 0 saturated carbocycles. The standard InChI is InChI=1S/C14H18ClN3/c1-2-18-14(12(15)10-17-18)13(16)9-8-11-6-4-3-5-7-11/h3-7,10,13H,2,8-9,16H2,1H3. The van der Waals surface area contributed by atoms with Gasteiger partial charge in [-0.2, -0.15) is 5.10 Å². The van der Waals surface area contributed by atoms with Crippen molar-refractivity contribution in [1.29, 1.82) is 0 Å². The summed E-state index contributed by atoms with van der Waals surface area (Å²) in [4.78, 5) is 0. The summed E-state index contributed by atoms with van der Waals surface area (Å²) in [6.45, 7) is 2.83. The van der Waals surface area contributed by atoms with Crippen LogP contribution in [0.3, 0.4) is 0 Å². The number of nitrogens with zero attached hydrogens (tertiary/aromatic N) is 2. The molecule has 0 aliphatic rings. The first kappa shape index (κ1) is 13.1. The Kier molecular flexibility index (Phi) is 4.39. The molecule has 0 fully saturated rings. The average molecular weight is 264 g/mol. The highest BCUT2D eigenvalue weighted by Gasteiger charge is 2.15. The zero-order chi connectivity index (χ0) is 13.0. The molecule has 0 radical (unpaired) electrons. The van der Waals surface area contributed by atoms with E-state index in [9.17, 15) is 0 Å². The van der Waals surface area contributed by atoms with Gasteiger partial charge >= 0.3 is 0 Å². The molecule has 1 aromatic heterocycles. The monoisotopic (exact) mass is 263 g/mol. The summed E-state index contributed by atoms with van der Waals surface area (Å²) in [5.74, 6) is 0. The van der Waals surface area contributed by atoms with Crippen LogP contribution in [0, 0.1) is 0 Å². The van der Waals surface area contributed by atoms with Crippen LogP contribution in [-0.2, 0) is 13.0 Å². The van der Waals surface area contributed by atoms with Crippen LogP contribution in [0.4, 0.5) is 0 Å². The maximum atomic E-state index is 6.22. The molecule has 18 heavy (non-hydrogen) atoms. The Bertz CT molecular complexity index is 493. The molecule has 0 spiro atoms. The number of hydrogen-bond donors (Lipinski definition) is 1. The molecule has 1 aromatic carbocycles. The number of aromatic nitrogens is 2. The molecule has 96 valence electrons. The van der Waals surface area contributed by atoms with E-state index in [1.54, 1.807) is 6.20 Å². The van der Waals surface area contributed by atoms with Crippen molar-refractivity contribution in [2.24, 2.45) is 5.73 Å². The van der Waals surface area contributed by atoms with Gasteiger partial charge in [0.2, 0.25) is 0 Å². The molecule has 1 atom stereocenters. The van der Waals surface area contributed by atoms with E-state index in [4.69, 9.17) is 17.3 Å². The van der Waals surface area contributed by atoms with Gasteiger partial charge < -0.3 is 5.73 Å². The van der Waals surface area contributed by atoms with Crippen molar-refractivity contribution in [3.63, 3.8) is 0 Å². The van der Waals surface area contributed by atoms with E-state index in [0.717, 1.165) is 25.1 Å². The minimum Gasteiger partial charge on any atom is -0.323 e. The smallest absolute Gasteiger partial charge is 0.0834 e. The highest BCUT2D eigenvalue weighted by molar-refractivity contribution is 6.31. The second-order valence-corrected chi connectivity index (χ2v) is 4.73. The molecule has 2 N–H and O–H groups in total. The van der Waals surface area contributed by atoms with Crippen LogP contribution in [0.1, 0.15) is 30.6 Å². The molecule has 0 saturated heterocycles. The van der Waals surface area contributed by atoms with E-state index >= 15 is 0 Å². The predicted molar refractivity (Wildman–Crippen MR) is 74.6 cm³/mol. The van der Waals surface area contributed by atoms with Crippen molar-refractivity contribution in [2.45, 2.75) is 32.4 Å². The Morgan fingerprint density at radius 2 is 2.06 bits per heavy atom. The lowest BCUT2D eigenvalue weighted by Gasteiger charge is -2.14. The third-order valence-electron chi connectivity index (χ3n) is 3.07. The van der Waals surface area contributed by atoms with E-state index in [-0.39, 0.29) is 6.04 Å². The van der Waals surface area contributed by atoms with E-state index in [1.165, 1.54) is 5.56 Å². The summed E-state index contributed by atoms with van der Waals surface area (Å²) in [6.07, 6.45) is 3.49. The molecule has 0 aliphatic carbocycles. The van der Waals surface area contributed by atoms with Crippen LogP contribution in [0.5, 0.6) is 0 Å². The number of halogens is 1. The summed E-state index contributed by atoms with van der Waals surface area (Å²) in [5.41, 5.74) is 8.46. The largest absolute Gasteiger partial charge is 0.323 e. The quantitative estimate of drug-likeness (QED) is 0.900. The lowest BCUT2D eigenvalue weighted by Crippen LogP contribution is -2.17. The molecule has 0 amide bonds. The summed E-state index contributed by atoms with van der Waals surface area (Å²) in [5, 5.41) is 4.88. The molecule has 2 aromatic rings. The second-order valence-electron chi connectivity index (χ2n) is 4.32. The Labute approximate surface area is 113 Å². The Balaban J connectivity index is 2.03. The van der Waals surface area contributed by atoms with Gasteiger partial charge in [-0.3, -0.25) is 4.68 Å². The summed E-state index contributed by atoms with van der Waals surface area (Å²) in [7, 11) is 0. The average Bonchev–Trinajstić information content (AvgIpc) is 2.78. The molecule has 1 heterocycles. The normalized spacial score (nSPS) is 12.6. The molecular formula is C14H18ClN3. The zero-order valence-corrected chi connectivity index (χ0v) is 11.3. The van der Waals surface area contributed by atoms with Crippen LogP contribution in [0.2, 0.25) is 5.02 Å². The third-order valence-corrected chi connectivity index (χ3v) is 3.36. The SMILES string of the molecule is CCn1ncc(Cl)c1C(N)CCc1ccccc1. The molecule has 1 unspecified atom stereocenters. The van der Waals surface area contributed by atoms with Crippen LogP contribution in [0.25, 0.3) is 0 Å². The number of nitrogens with two attached hydrogens (primary N) is 1.